The molecule has 0 bridgehead atoms. The Kier molecular flexibility index (Phi) is 5.10. The van der Waals surface area contributed by atoms with Crippen LogP contribution < -0.4 is 15.7 Å². The number of aromatic hydroxyl groups is 1. The first kappa shape index (κ1) is 16.0. The predicted molar refractivity (Wildman–Crippen MR) is 85.6 cm³/mol. The monoisotopic (exact) mass is 367 g/mol. The van der Waals surface area contributed by atoms with Crippen LogP contribution in [0.1, 0.15) is 18.2 Å². The highest BCUT2D eigenvalue weighted by Gasteiger charge is 2.08. The summed E-state index contributed by atoms with van der Waals surface area (Å²) in [5, 5.41) is 21.2. The summed E-state index contributed by atoms with van der Waals surface area (Å²) in [7, 11) is 0. The van der Waals surface area contributed by atoms with Crippen LogP contribution in [0, 0.1) is 6.92 Å². The molecule has 0 aliphatic heterocycles. The van der Waals surface area contributed by atoms with Gasteiger partial charge in [-0.05, 0) is 47.5 Å². The number of hydrogen-bond donors (Lipinski definition) is 3. The van der Waals surface area contributed by atoms with Crippen LogP contribution in [-0.4, -0.2) is 33.1 Å². The second kappa shape index (κ2) is 7.03. The van der Waals surface area contributed by atoms with Gasteiger partial charge in [0.15, 0.2) is 11.5 Å². The molecule has 0 atom stereocenters. The smallest absolute Gasteiger partial charge is 0.274 e. The number of benzene rings is 1. The minimum Gasteiger partial charge on any atom is -0.503 e. The lowest BCUT2D eigenvalue weighted by molar-refractivity contribution is 0.317. The van der Waals surface area contributed by atoms with Gasteiger partial charge < -0.3 is 9.84 Å². The molecule has 1 aromatic heterocycles. The summed E-state index contributed by atoms with van der Waals surface area (Å²) in [5.74, 6) is 0.511. The average Bonchev–Trinajstić information content (AvgIpc) is 2.48. The Morgan fingerprint density at radius 2 is 2.27 bits per heavy atom. The fourth-order valence-corrected chi connectivity index (χ4v) is 2.01. The number of phenols is 1. The third-order valence-electron chi connectivity index (χ3n) is 2.60. The molecule has 0 saturated heterocycles. The lowest BCUT2D eigenvalue weighted by Crippen LogP contribution is -2.15. The topological polar surface area (TPSA) is 112 Å². The maximum absolute atomic E-state index is 11.4. The number of halogens is 1. The number of nitrogens with zero attached hydrogens (tertiary/aromatic N) is 3. The lowest BCUT2D eigenvalue weighted by Gasteiger charge is -2.08. The number of H-pyrrole nitrogens is 1. The summed E-state index contributed by atoms with van der Waals surface area (Å²) in [6.07, 6.45) is 1.49. The van der Waals surface area contributed by atoms with Crippen molar-refractivity contribution in [3.05, 3.63) is 38.2 Å². The second-order valence-electron chi connectivity index (χ2n) is 4.24. The third-order valence-corrected chi connectivity index (χ3v) is 3.20. The summed E-state index contributed by atoms with van der Waals surface area (Å²) < 4.78 is 5.81. The molecule has 9 heteroatoms. The van der Waals surface area contributed by atoms with Gasteiger partial charge in [-0.15, -0.1) is 10.2 Å². The highest BCUT2D eigenvalue weighted by molar-refractivity contribution is 9.10. The van der Waals surface area contributed by atoms with Crippen molar-refractivity contribution in [1.82, 2.24) is 15.2 Å². The van der Waals surface area contributed by atoms with Gasteiger partial charge in [-0.3, -0.25) is 9.78 Å². The van der Waals surface area contributed by atoms with Gasteiger partial charge in [0.25, 0.3) is 5.56 Å². The zero-order valence-electron chi connectivity index (χ0n) is 11.9. The number of nitrogens with one attached hydrogen (secondary N) is 2. The Labute approximate surface area is 134 Å². The van der Waals surface area contributed by atoms with E-state index in [9.17, 15) is 9.90 Å². The van der Waals surface area contributed by atoms with Gasteiger partial charge >= 0.3 is 0 Å². The van der Waals surface area contributed by atoms with Crippen molar-refractivity contribution in [3.63, 3.8) is 0 Å². The minimum absolute atomic E-state index is 0.0284. The largest absolute Gasteiger partial charge is 0.503 e. The van der Waals surface area contributed by atoms with Gasteiger partial charge in [0.1, 0.15) is 5.69 Å². The van der Waals surface area contributed by atoms with Crippen LogP contribution >= 0.6 is 15.9 Å². The van der Waals surface area contributed by atoms with E-state index in [2.05, 4.69) is 41.6 Å². The number of aromatic nitrogens is 3. The first-order valence-corrected chi connectivity index (χ1v) is 7.18. The second-order valence-corrected chi connectivity index (χ2v) is 5.09. The molecule has 116 valence electrons. The van der Waals surface area contributed by atoms with E-state index in [1.165, 1.54) is 6.21 Å². The molecular formula is C13H14BrN5O3. The Balaban J connectivity index is 2.15. The molecule has 1 aromatic carbocycles. The molecule has 3 N–H and O–H groups in total. The van der Waals surface area contributed by atoms with Crippen molar-refractivity contribution in [1.29, 1.82) is 0 Å². The van der Waals surface area contributed by atoms with E-state index in [4.69, 9.17) is 4.74 Å². The molecule has 8 nitrogen and oxygen atoms in total. The summed E-state index contributed by atoms with van der Waals surface area (Å²) in [6, 6.07) is 3.31. The summed E-state index contributed by atoms with van der Waals surface area (Å²) in [5.41, 5.74) is 3.19. The van der Waals surface area contributed by atoms with Crippen molar-refractivity contribution in [2.75, 3.05) is 12.0 Å². The quantitative estimate of drug-likeness (QED) is 0.548. The normalized spacial score (nSPS) is 10.9. The van der Waals surface area contributed by atoms with Crippen molar-refractivity contribution >= 4 is 28.1 Å². The van der Waals surface area contributed by atoms with Gasteiger partial charge in [0, 0.05) is 0 Å². The van der Waals surface area contributed by atoms with Crippen LogP contribution in [0.25, 0.3) is 0 Å². The number of hydrazone groups is 1. The molecule has 0 radical (unpaired) electrons. The zero-order chi connectivity index (χ0) is 16.1. The Morgan fingerprint density at radius 3 is 2.95 bits per heavy atom. The van der Waals surface area contributed by atoms with Gasteiger partial charge in [-0.2, -0.15) is 5.10 Å². The molecule has 0 fully saturated rings. The molecule has 2 rings (SSSR count). The number of ether oxygens (including phenoxy) is 1. The Bertz CT molecular complexity index is 760. The van der Waals surface area contributed by atoms with E-state index in [1.54, 1.807) is 19.1 Å². The van der Waals surface area contributed by atoms with Crippen LogP contribution in [0.15, 0.2) is 26.5 Å². The molecule has 0 spiro atoms. The van der Waals surface area contributed by atoms with Crippen LogP contribution in [0.3, 0.4) is 0 Å². The molecule has 0 aliphatic carbocycles. The number of aromatic amines is 1. The van der Waals surface area contributed by atoms with E-state index in [-0.39, 0.29) is 23.0 Å². The van der Waals surface area contributed by atoms with Crippen LogP contribution in [-0.2, 0) is 0 Å². The Morgan fingerprint density at radius 1 is 1.50 bits per heavy atom. The number of hydrogen-bond acceptors (Lipinski definition) is 7. The average molecular weight is 368 g/mol. The molecule has 0 saturated carbocycles. The third kappa shape index (κ3) is 3.82. The highest BCUT2D eigenvalue weighted by Crippen LogP contribution is 2.34. The van der Waals surface area contributed by atoms with Crippen LogP contribution in [0.4, 0.5) is 5.95 Å². The number of rotatable bonds is 5. The zero-order valence-corrected chi connectivity index (χ0v) is 13.5. The Hall–Kier alpha value is -2.42. The first-order valence-electron chi connectivity index (χ1n) is 6.39. The van der Waals surface area contributed by atoms with Crippen molar-refractivity contribution in [2.45, 2.75) is 13.8 Å². The molecule has 22 heavy (non-hydrogen) atoms. The number of aryl methyl sites for hydroxylation is 1. The number of anilines is 1. The maximum atomic E-state index is 11.4. The summed E-state index contributed by atoms with van der Waals surface area (Å²) in [4.78, 5) is 13.9. The van der Waals surface area contributed by atoms with E-state index in [0.29, 0.717) is 22.4 Å². The highest BCUT2D eigenvalue weighted by atomic mass is 79.9. The van der Waals surface area contributed by atoms with Gasteiger partial charge in [0.2, 0.25) is 5.95 Å². The standard InChI is InChI=1S/C13H14BrN5O3/c1-3-22-10-5-8(4-9(14)11(10)20)6-15-18-13-16-12(21)7(2)17-19-13/h4-6,20H,3H2,1-2H3,(H2,16,18,19,21)/b15-6+. The van der Waals surface area contributed by atoms with Gasteiger partial charge in [0.05, 0.1) is 17.3 Å². The molecule has 1 heterocycles. The fraction of sp³-hybridized carbons (Fsp3) is 0.231. The van der Waals surface area contributed by atoms with Crippen molar-refractivity contribution < 1.29 is 9.84 Å². The SMILES string of the molecule is CCOc1cc(/C=N/Nc2nnc(C)c(=O)[nH]2)cc(Br)c1O. The lowest BCUT2D eigenvalue weighted by atomic mass is 10.2. The predicted octanol–water partition coefficient (Wildman–Crippen LogP) is 1.79. The van der Waals surface area contributed by atoms with Crippen molar-refractivity contribution in [2.24, 2.45) is 5.10 Å². The first-order chi connectivity index (χ1) is 10.5. The van der Waals surface area contributed by atoms with E-state index in [0.717, 1.165) is 0 Å². The van der Waals surface area contributed by atoms with E-state index in [1.807, 2.05) is 6.92 Å². The van der Waals surface area contributed by atoms with Crippen LogP contribution in [0.5, 0.6) is 11.5 Å². The molecule has 0 aliphatic rings. The number of phenolic OH excluding ortho intramolecular Hbond substituents is 1. The maximum Gasteiger partial charge on any atom is 0.274 e. The summed E-state index contributed by atoms with van der Waals surface area (Å²) >= 11 is 3.24. The molecular weight excluding hydrogens is 354 g/mol. The van der Waals surface area contributed by atoms with Gasteiger partial charge in [-0.25, -0.2) is 5.43 Å². The molecule has 0 unspecified atom stereocenters. The molecule has 0 amide bonds. The van der Waals surface area contributed by atoms with E-state index >= 15 is 0 Å². The van der Waals surface area contributed by atoms with Crippen molar-refractivity contribution in [3.8, 4) is 11.5 Å². The summed E-state index contributed by atoms with van der Waals surface area (Å²) in [6.45, 7) is 3.81. The minimum atomic E-state index is -0.335. The van der Waals surface area contributed by atoms with Crippen LogP contribution in [0.2, 0.25) is 0 Å². The molecule has 2 aromatic rings. The van der Waals surface area contributed by atoms with E-state index < -0.39 is 0 Å². The fourth-order valence-electron chi connectivity index (χ4n) is 1.55. The van der Waals surface area contributed by atoms with Gasteiger partial charge in [-0.1, -0.05) is 0 Å².